The van der Waals surface area contributed by atoms with Gasteiger partial charge >= 0.3 is 5.69 Å². The SMILES string of the molecule is CCCn1c(=O)c2[nH]c(-c3cc(C(C)NC(=O)CBr)c(OC)c(N)c3-c3ccc(OC)c4c(=O)c34)nc2n(CCC)c1=O. The van der Waals surface area contributed by atoms with E-state index in [-0.39, 0.29) is 45.9 Å². The Morgan fingerprint density at radius 3 is 2.40 bits per heavy atom. The van der Waals surface area contributed by atoms with Crippen molar-refractivity contribution in [3.8, 4) is 34.0 Å². The van der Waals surface area contributed by atoms with E-state index < -0.39 is 17.3 Å². The number of nitrogens with one attached hydrogen (secondary N) is 2. The molecule has 0 spiro atoms. The third kappa shape index (κ3) is 4.90. The Hall–Kier alpha value is -4.39. The van der Waals surface area contributed by atoms with Crippen molar-refractivity contribution in [2.75, 3.05) is 25.3 Å². The molecule has 2 heterocycles. The minimum absolute atomic E-state index is 0.0999. The van der Waals surface area contributed by atoms with Gasteiger partial charge in [0.25, 0.3) is 5.56 Å². The molecule has 0 bridgehead atoms. The standard InChI is InChI=1S/C30H33BrN6O6/c1-6-10-36-28-24(29(40)37(11-7-2)30(36)41)34-27(35-28)17-12-16(14(3)33-19(38)13-31)26(43-5)23(32)20(17)15-8-9-18(42-4)22-21(15)25(22)39/h8-9,12,14H,6-7,10-11,13,32H2,1-5H3,(H,33,38)(H,34,35). The van der Waals surface area contributed by atoms with Crippen LogP contribution in [0.3, 0.4) is 0 Å². The number of amides is 1. The normalized spacial score (nSPS) is 12.3. The van der Waals surface area contributed by atoms with Gasteiger partial charge < -0.3 is 25.5 Å². The summed E-state index contributed by atoms with van der Waals surface area (Å²) in [5.41, 5.74) is 8.41. The average Bonchev–Trinajstić information content (AvgIpc) is 3.47. The number of nitrogen functional groups attached to an aromatic ring is 1. The first-order valence-corrected chi connectivity index (χ1v) is 15.1. The van der Waals surface area contributed by atoms with Crippen LogP contribution in [-0.2, 0) is 17.9 Å². The lowest BCUT2D eigenvalue weighted by Gasteiger charge is -2.22. The van der Waals surface area contributed by atoms with Crippen LogP contribution < -0.4 is 37.2 Å². The van der Waals surface area contributed by atoms with E-state index in [9.17, 15) is 19.2 Å². The zero-order valence-electron chi connectivity index (χ0n) is 24.6. The van der Waals surface area contributed by atoms with E-state index in [0.717, 1.165) is 0 Å². The van der Waals surface area contributed by atoms with Gasteiger partial charge in [0.05, 0.1) is 36.7 Å². The fraction of sp³-hybridized carbons (Fsp3) is 0.367. The molecule has 12 nitrogen and oxygen atoms in total. The van der Waals surface area contributed by atoms with Crippen LogP contribution in [-0.4, -0.2) is 44.6 Å². The number of methoxy groups -OCH3 is 2. The Morgan fingerprint density at radius 1 is 1.07 bits per heavy atom. The molecule has 0 fully saturated rings. The molecular weight excluding hydrogens is 620 g/mol. The van der Waals surface area contributed by atoms with Crippen LogP contribution in [0.15, 0.2) is 32.6 Å². The highest BCUT2D eigenvalue weighted by atomic mass is 79.9. The van der Waals surface area contributed by atoms with E-state index in [4.69, 9.17) is 20.2 Å². The second-order valence-corrected chi connectivity index (χ2v) is 10.9. The molecule has 1 amide bonds. The topological polar surface area (TPSA) is 163 Å². The highest BCUT2D eigenvalue weighted by Crippen LogP contribution is 2.48. The summed E-state index contributed by atoms with van der Waals surface area (Å²) < 4.78 is 13.8. The molecule has 5 aromatic rings. The summed E-state index contributed by atoms with van der Waals surface area (Å²) >= 11 is 3.17. The number of carbonyl (C=O) groups is 1. The minimum atomic E-state index is -0.530. The molecular formula is C30H33BrN6O6. The van der Waals surface area contributed by atoms with Gasteiger partial charge in [-0.2, -0.15) is 0 Å². The summed E-state index contributed by atoms with van der Waals surface area (Å²) in [6.45, 7) is 6.25. The second-order valence-electron chi connectivity index (χ2n) is 10.3. The maximum atomic E-state index is 13.5. The smallest absolute Gasteiger partial charge is 0.332 e. The van der Waals surface area contributed by atoms with Crippen LogP contribution in [0.1, 0.15) is 45.2 Å². The number of carbonyl (C=O) groups excluding carboxylic acids is 1. The van der Waals surface area contributed by atoms with Crippen LogP contribution in [0.4, 0.5) is 5.69 Å². The van der Waals surface area contributed by atoms with Crippen molar-refractivity contribution in [1.29, 1.82) is 0 Å². The number of H-pyrrole nitrogens is 1. The highest BCUT2D eigenvalue weighted by molar-refractivity contribution is 9.09. The molecule has 5 rings (SSSR count). The summed E-state index contributed by atoms with van der Waals surface area (Å²) in [6.07, 6.45) is 1.25. The Kier molecular flexibility index (Phi) is 8.19. The fourth-order valence-electron chi connectivity index (χ4n) is 5.60. The molecule has 0 radical (unpaired) electrons. The van der Waals surface area contributed by atoms with Crippen molar-refractivity contribution >= 4 is 49.5 Å². The summed E-state index contributed by atoms with van der Waals surface area (Å²) in [5.74, 6) is 0.812. The average molecular weight is 654 g/mol. The maximum Gasteiger partial charge on any atom is 0.332 e. The van der Waals surface area contributed by atoms with Crippen molar-refractivity contribution in [3.05, 3.63) is 54.8 Å². The first-order chi connectivity index (χ1) is 20.6. The Morgan fingerprint density at radius 2 is 1.77 bits per heavy atom. The first-order valence-electron chi connectivity index (χ1n) is 14.0. The number of aromatic amines is 1. The van der Waals surface area contributed by atoms with E-state index in [0.29, 0.717) is 63.9 Å². The first kappa shape index (κ1) is 30.1. The molecule has 13 heteroatoms. The van der Waals surface area contributed by atoms with Gasteiger partial charge in [-0.1, -0.05) is 29.8 Å². The predicted molar refractivity (Wildman–Crippen MR) is 170 cm³/mol. The molecule has 1 unspecified atom stereocenters. The quantitative estimate of drug-likeness (QED) is 0.144. The van der Waals surface area contributed by atoms with Gasteiger partial charge in [-0.15, -0.1) is 0 Å². The van der Waals surface area contributed by atoms with Gasteiger partial charge in [-0.3, -0.25) is 23.5 Å². The van der Waals surface area contributed by atoms with Crippen molar-refractivity contribution in [1.82, 2.24) is 24.4 Å². The van der Waals surface area contributed by atoms with Crippen LogP contribution in [0.2, 0.25) is 0 Å². The number of rotatable bonds is 11. The van der Waals surface area contributed by atoms with Gasteiger partial charge in [-0.25, -0.2) is 9.78 Å². The lowest BCUT2D eigenvalue weighted by Crippen LogP contribution is -2.40. The highest BCUT2D eigenvalue weighted by Gasteiger charge is 2.30. The number of benzene rings is 2. The summed E-state index contributed by atoms with van der Waals surface area (Å²) in [5, 5.41) is 3.93. The molecule has 1 atom stereocenters. The number of nitrogens with two attached hydrogens (primary N) is 1. The van der Waals surface area contributed by atoms with Gasteiger partial charge in [0, 0.05) is 35.2 Å². The fourth-order valence-corrected chi connectivity index (χ4v) is 5.76. The summed E-state index contributed by atoms with van der Waals surface area (Å²) in [6, 6.07) is 4.69. The number of alkyl halides is 1. The lowest BCUT2D eigenvalue weighted by molar-refractivity contribution is -0.119. The van der Waals surface area contributed by atoms with Crippen LogP contribution in [0, 0.1) is 0 Å². The molecule has 3 aromatic carbocycles. The number of anilines is 1. The number of halogens is 1. The van der Waals surface area contributed by atoms with Gasteiger partial charge in [-0.05, 0) is 43.5 Å². The Balaban J connectivity index is 1.87. The number of hydrogen-bond donors (Lipinski definition) is 3. The molecule has 4 N–H and O–H groups in total. The third-order valence-electron chi connectivity index (χ3n) is 7.57. The second kappa shape index (κ2) is 11.7. The third-order valence-corrected chi connectivity index (χ3v) is 8.08. The lowest BCUT2D eigenvalue weighted by atomic mass is 9.91. The van der Waals surface area contributed by atoms with Gasteiger partial charge in [0.15, 0.2) is 11.1 Å². The van der Waals surface area contributed by atoms with Crippen molar-refractivity contribution in [2.24, 2.45) is 0 Å². The van der Waals surface area contributed by atoms with Crippen LogP contribution in [0.5, 0.6) is 11.5 Å². The molecule has 0 saturated heterocycles. The number of hydrogen-bond acceptors (Lipinski definition) is 8. The van der Waals surface area contributed by atoms with Crippen molar-refractivity contribution in [2.45, 2.75) is 52.7 Å². The van der Waals surface area contributed by atoms with E-state index in [1.807, 2.05) is 13.8 Å². The van der Waals surface area contributed by atoms with Crippen LogP contribution in [0.25, 0.3) is 44.5 Å². The number of ether oxygens (including phenoxy) is 2. The minimum Gasteiger partial charge on any atom is -0.496 e. The van der Waals surface area contributed by atoms with Crippen LogP contribution >= 0.6 is 15.9 Å². The number of imidazole rings is 1. The van der Waals surface area contributed by atoms with Gasteiger partial charge in [0.2, 0.25) is 5.91 Å². The zero-order chi connectivity index (χ0) is 31.2. The van der Waals surface area contributed by atoms with Crippen molar-refractivity contribution < 1.29 is 14.3 Å². The number of aromatic nitrogens is 4. The summed E-state index contributed by atoms with van der Waals surface area (Å²) in [7, 11) is 2.97. The molecule has 0 aliphatic rings. The Bertz CT molecular complexity index is 2010. The number of fused-ring (bicyclic) bond motifs is 2. The molecule has 43 heavy (non-hydrogen) atoms. The number of nitrogens with zero attached hydrogens (tertiary/aromatic N) is 3. The van der Waals surface area contributed by atoms with E-state index in [1.54, 1.807) is 25.1 Å². The van der Waals surface area contributed by atoms with E-state index in [2.05, 4.69) is 26.2 Å². The number of aryl methyl sites for hydroxylation is 1. The maximum absolute atomic E-state index is 13.5. The van der Waals surface area contributed by atoms with Gasteiger partial charge in [0.1, 0.15) is 22.8 Å². The zero-order valence-corrected chi connectivity index (χ0v) is 26.2. The molecule has 2 aromatic heterocycles. The predicted octanol–water partition coefficient (Wildman–Crippen LogP) is 3.60. The van der Waals surface area contributed by atoms with E-state index in [1.165, 1.54) is 23.4 Å². The molecule has 0 saturated carbocycles. The Labute approximate surface area is 254 Å². The molecule has 0 aliphatic carbocycles. The van der Waals surface area contributed by atoms with E-state index >= 15 is 0 Å². The van der Waals surface area contributed by atoms with Crippen molar-refractivity contribution in [3.63, 3.8) is 0 Å². The summed E-state index contributed by atoms with van der Waals surface area (Å²) in [4.78, 5) is 59.9. The largest absolute Gasteiger partial charge is 0.496 e. The molecule has 226 valence electrons. The monoisotopic (exact) mass is 652 g/mol. The molecule has 0 aliphatic heterocycles.